The number of amides is 1. The zero-order valence-electron chi connectivity index (χ0n) is 9.51. The fourth-order valence-electron chi connectivity index (χ4n) is 2.61. The summed E-state index contributed by atoms with van der Waals surface area (Å²) < 4.78 is 0. The van der Waals surface area contributed by atoms with E-state index >= 15 is 0 Å². The van der Waals surface area contributed by atoms with E-state index in [1.807, 2.05) is 18.2 Å². The number of carbonyl (C=O) groups is 1. The molecule has 2 aromatic carbocycles. The molecule has 0 fully saturated rings. The Bertz CT molecular complexity index is 634. The van der Waals surface area contributed by atoms with E-state index in [1.54, 1.807) is 0 Å². The minimum absolute atomic E-state index is 0.0546. The predicted molar refractivity (Wildman–Crippen MR) is 70.7 cm³/mol. The number of anilines is 1. The standard InChI is InChI=1S/C14H12ClNO/c1-8(17)16-13-7-12(15)10-4-2-3-9-5-6-11(13)14(9)10/h2-4,7H,5-6H2,1H3,(H,16,17). The lowest BCUT2D eigenvalue weighted by Gasteiger charge is -2.11. The zero-order valence-corrected chi connectivity index (χ0v) is 10.3. The van der Waals surface area contributed by atoms with Crippen LogP contribution in [0.1, 0.15) is 18.1 Å². The van der Waals surface area contributed by atoms with E-state index in [-0.39, 0.29) is 5.91 Å². The summed E-state index contributed by atoms with van der Waals surface area (Å²) in [5.41, 5.74) is 3.40. The summed E-state index contributed by atoms with van der Waals surface area (Å²) in [5, 5.41) is 5.89. The highest BCUT2D eigenvalue weighted by Gasteiger charge is 2.19. The molecule has 0 atom stereocenters. The van der Waals surface area contributed by atoms with Crippen molar-refractivity contribution in [3.8, 4) is 0 Å². The van der Waals surface area contributed by atoms with Crippen molar-refractivity contribution >= 4 is 34.0 Å². The molecule has 0 aromatic heterocycles. The van der Waals surface area contributed by atoms with Gasteiger partial charge in [-0.25, -0.2) is 0 Å². The third-order valence-electron chi connectivity index (χ3n) is 3.26. The minimum atomic E-state index is -0.0546. The van der Waals surface area contributed by atoms with E-state index in [9.17, 15) is 4.79 Å². The molecule has 0 bridgehead atoms. The molecular weight excluding hydrogens is 234 g/mol. The average Bonchev–Trinajstić information content (AvgIpc) is 2.69. The molecule has 2 aromatic rings. The SMILES string of the molecule is CC(=O)Nc1cc(Cl)c2cccc3c2c1CC3. The van der Waals surface area contributed by atoms with Gasteiger partial charge < -0.3 is 5.32 Å². The maximum Gasteiger partial charge on any atom is 0.221 e. The molecule has 3 heteroatoms. The summed E-state index contributed by atoms with van der Waals surface area (Å²) in [6.45, 7) is 1.52. The molecule has 0 heterocycles. The molecule has 86 valence electrons. The van der Waals surface area contributed by atoms with Gasteiger partial charge in [-0.3, -0.25) is 4.79 Å². The van der Waals surface area contributed by atoms with Crippen LogP contribution in [0.25, 0.3) is 10.8 Å². The van der Waals surface area contributed by atoms with Crippen molar-refractivity contribution in [3.05, 3.63) is 40.4 Å². The first-order chi connectivity index (χ1) is 8.16. The second kappa shape index (κ2) is 3.74. The third kappa shape index (κ3) is 1.60. The zero-order chi connectivity index (χ0) is 12.0. The van der Waals surface area contributed by atoms with Crippen molar-refractivity contribution in [1.29, 1.82) is 0 Å². The van der Waals surface area contributed by atoms with Gasteiger partial charge in [0, 0.05) is 18.0 Å². The maximum absolute atomic E-state index is 11.2. The van der Waals surface area contributed by atoms with E-state index in [1.165, 1.54) is 23.4 Å². The summed E-state index contributed by atoms with van der Waals surface area (Å²) in [6.07, 6.45) is 2.00. The molecule has 0 spiro atoms. The monoisotopic (exact) mass is 245 g/mol. The summed E-state index contributed by atoms with van der Waals surface area (Å²) in [4.78, 5) is 11.2. The van der Waals surface area contributed by atoms with Crippen molar-refractivity contribution in [3.63, 3.8) is 0 Å². The Morgan fingerprint density at radius 3 is 2.94 bits per heavy atom. The van der Waals surface area contributed by atoms with Gasteiger partial charge in [0.05, 0.1) is 5.02 Å². The van der Waals surface area contributed by atoms with Gasteiger partial charge in [-0.1, -0.05) is 29.8 Å². The van der Waals surface area contributed by atoms with Gasteiger partial charge in [-0.2, -0.15) is 0 Å². The lowest BCUT2D eigenvalue weighted by Crippen LogP contribution is -2.07. The van der Waals surface area contributed by atoms with Crippen molar-refractivity contribution in [2.75, 3.05) is 5.32 Å². The molecule has 0 saturated heterocycles. The second-order valence-electron chi connectivity index (χ2n) is 4.41. The van der Waals surface area contributed by atoms with E-state index in [4.69, 9.17) is 11.6 Å². The molecule has 2 nitrogen and oxygen atoms in total. The van der Waals surface area contributed by atoms with Crippen molar-refractivity contribution in [2.45, 2.75) is 19.8 Å². The number of benzene rings is 2. The Morgan fingerprint density at radius 1 is 1.35 bits per heavy atom. The Morgan fingerprint density at radius 2 is 2.18 bits per heavy atom. The summed E-state index contributed by atoms with van der Waals surface area (Å²) in [6, 6.07) is 8.06. The van der Waals surface area contributed by atoms with Crippen LogP contribution in [0.2, 0.25) is 5.02 Å². The lowest BCUT2D eigenvalue weighted by atomic mass is 10.0. The predicted octanol–water partition coefficient (Wildman–Crippen LogP) is 3.55. The van der Waals surface area contributed by atoms with Crippen LogP contribution in [-0.4, -0.2) is 5.91 Å². The van der Waals surface area contributed by atoms with Crippen molar-refractivity contribution in [2.24, 2.45) is 0 Å². The second-order valence-corrected chi connectivity index (χ2v) is 4.81. The molecular formula is C14H12ClNO. The molecule has 0 unspecified atom stereocenters. The first kappa shape index (κ1) is 10.6. The Kier molecular flexibility index (Phi) is 2.33. The molecule has 0 aliphatic heterocycles. The van der Waals surface area contributed by atoms with Crippen LogP contribution in [-0.2, 0) is 17.6 Å². The Hall–Kier alpha value is -1.54. The highest BCUT2D eigenvalue weighted by molar-refractivity contribution is 6.36. The molecule has 1 amide bonds. The number of hydrogen-bond donors (Lipinski definition) is 1. The number of carbonyl (C=O) groups excluding carboxylic acids is 1. The van der Waals surface area contributed by atoms with E-state index in [0.717, 1.165) is 23.9 Å². The van der Waals surface area contributed by atoms with Crippen LogP contribution < -0.4 is 5.32 Å². The first-order valence-electron chi connectivity index (χ1n) is 5.67. The highest BCUT2D eigenvalue weighted by atomic mass is 35.5. The van der Waals surface area contributed by atoms with Gasteiger partial charge in [0.25, 0.3) is 0 Å². The van der Waals surface area contributed by atoms with E-state index in [0.29, 0.717) is 5.02 Å². The van der Waals surface area contributed by atoms with E-state index in [2.05, 4.69) is 11.4 Å². The van der Waals surface area contributed by atoms with Gasteiger partial charge >= 0.3 is 0 Å². The van der Waals surface area contributed by atoms with E-state index < -0.39 is 0 Å². The number of hydrogen-bond acceptors (Lipinski definition) is 1. The molecule has 1 aliphatic rings. The van der Waals surface area contributed by atoms with Gasteiger partial charge in [0.1, 0.15) is 0 Å². The lowest BCUT2D eigenvalue weighted by molar-refractivity contribution is -0.114. The number of nitrogens with one attached hydrogen (secondary N) is 1. The largest absolute Gasteiger partial charge is 0.326 e. The molecule has 1 aliphatic carbocycles. The van der Waals surface area contributed by atoms with Crippen LogP contribution in [0.4, 0.5) is 5.69 Å². The summed E-state index contributed by atoms with van der Waals surface area (Å²) in [7, 11) is 0. The molecule has 0 radical (unpaired) electrons. The molecule has 17 heavy (non-hydrogen) atoms. The number of halogens is 1. The fraction of sp³-hybridized carbons (Fsp3) is 0.214. The van der Waals surface area contributed by atoms with Crippen molar-refractivity contribution < 1.29 is 4.79 Å². The normalized spacial score (nSPS) is 13.1. The van der Waals surface area contributed by atoms with Crippen LogP contribution in [0, 0.1) is 0 Å². The minimum Gasteiger partial charge on any atom is -0.326 e. The quantitative estimate of drug-likeness (QED) is 0.818. The summed E-state index contributed by atoms with van der Waals surface area (Å²) in [5.74, 6) is -0.0546. The Balaban J connectivity index is 2.33. The fourth-order valence-corrected chi connectivity index (χ4v) is 2.88. The number of rotatable bonds is 1. The molecule has 3 rings (SSSR count). The summed E-state index contributed by atoms with van der Waals surface area (Å²) >= 11 is 6.27. The van der Waals surface area contributed by atoms with Crippen LogP contribution in [0.3, 0.4) is 0 Å². The average molecular weight is 246 g/mol. The topological polar surface area (TPSA) is 29.1 Å². The van der Waals surface area contributed by atoms with Gasteiger partial charge in [0.15, 0.2) is 0 Å². The number of aryl methyl sites for hydroxylation is 2. The maximum atomic E-state index is 11.2. The van der Waals surface area contributed by atoms with Gasteiger partial charge in [-0.15, -0.1) is 0 Å². The third-order valence-corrected chi connectivity index (χ3v) is 3.57. The molecule has 1 N–H and O–H groups in total. The van der Waals surface area contributed by atoms with Gasteiger partial charge in [-0.05, 0) is 35.4 Å². The Labute approximate surface area is 105 Å². The highest BCUT2D eigenvalue weighted by Crippen LogP contribution is 2.39. The van der Waals surface area contributed by atoms with Crippen LogP contribution >= 0.6 is 11.6 Å². The van der Waals surface area contributed by atoms with Gasteiger partial charge in [0.2, 0.25) is 5.91 Å². The van der Waals surface area contributed by atoms with Crippen LogP contribution in [0.5, 0.6) is 0 Å². The van der Waals surface area contributed by atoms with Crippen molar-refractivity contribution in [1.82, 2.24) is 0 Å². The van der Waals surface area contributed by atoms with Crippen LogP contribution in [0.15, 0.2) is 24.3 Å². The molecule has 0 saturated carbocycles. The smallest absolute Gasteiger partial charge is 0.221 e. The first-order valence-corrected chi connectivity index (χ1v) is 6.05.